The van der Waals surface area contributed by atoms with Gasteiger partial charge < -0.3 is 4.42 Å². The third-order valence-corrected chi connectivity index (χ3v) is 5.47. The molecule has 6 rings (SSSR count). The van der Waals surface area contributed by atoms with E-state index in [0.717, 1.165) is 50.2 Å². The van der Waals surface area contributed by atoms with Gasteiger partial charge in [-0.25, -0.2) is 4.52 Å². The zero-order chi connectivity index (χ0) is 19.9. The minimum atomic E-state index is 0.851. The molecule has 0 bridgehead atoms. The van der Waals surface area contributed by atoms with Gasteiger partial charge in [-0.3, -0.25) is 0 Å². The Bertz CT molecular complexity index is 1480. The second-order valence-electron chi connectivity index (χ2n) is 7.29. The summed E-state index contributed by atoms with van der Waals surface area (Å²) in [7, 11) is 0. The molecule has 142 valence electrons. The molecule has 3 heteroatoms. The SMILES string of the molecule is c1ccc(-c2nn3ccccc3c2-c2oc(-c3ccccc3)c3ccccc23)cc1. The molecular formula is C27H18N2O. The van der Waals surface area contributed by atoms with E-state index < -0.39 is 0 Å². The van der Waals surface area contributed by atoms with Crippen LogP contribution >= 0.6 is 0 Å². The van der Waals surface area contributed by atoms with Gasteiger partial charge in [0.15, 0.2) is 0 Å². The van der Waals surface area contributed by atoms with Gasteiger partial charge in [0.05, 0.1) is 11.1 Å². The van der Waals surface area contributed by atoms with Crippen LogP contribution in [0.3, 0.4) is 0 Å². The first-order valence-corrected chi connectivity index (χ1v) is 10.0. The molecule has 0 N–H and O–H groups in total. The second kappa shape index (κ2) is 6.75. The maximum Gasteiger partial charge on any atom is 0.147 e. The van der Waals surface area contributed by atoms with Crippen LogP contribution < -0.4 is 0 Å². The fourth-order valence-corrected chi connectivity index (χ4v) is 4.10. The summed E-state index contributed by atoms with van der Waals surface area (Å²) in [6, 6.07) is 35.1. The molecule has 0 atom stereocenters. The quantitative estimate of drug-likeness (QED) is 0.325. The summed E-state index contributed by atoms with van der Waals surface area (Å²) in [5.41, 5.74) is 5.09. The zero-order valence-corrected chi connectivity index (χ0v) is 16.2. The van der Waals surface area contributed by atoms with Gasteiger partial charge in [-0.15, -0.1) is 0 Å². The summed E-state index contributed by atoms with van der Waals surface area (Å²) in [5.74, 6) is 1.74. The Kier molecular flexibility index (Phi) is 3.78. The molecule has 0 fully saturated rings. The number of hydrogen-bond donors (Lipinski definition) is 0. The van der Waals surface area contributed by atoms with Gasteiger partial charge in [0.25, 0.3) is 0 Å². The Morgan fingerprint density at radius 3 is 1.90 bits per heavy atom. The number of nitrogens with zero attached hydrogens (tertiary/aromatic N) is 2. The normalized spacial score (nSPS) is 11.3. The minimum absolute atomic E-state index is 0.851. The van der Waals surface area contributed by atoms with Crippen LogP contribution in [0.2, 0.25) is 0 Å². The van der Waals surface area contributed by atoms with Crippen molar-refractivity contribution in [1.29, 1.82) is 0 Å². The average Bonchev–Trinajstić information content (AvgIpc) is 3.39. The smallest absolute Gasteiger partial charge is 0.147 e. The van der Waals surface area contributed by atoms with Crippen LogP contribution in [0.15, 0.2) is 114 Å². The van der Waals surface area contributed by atoms with Crippen LogP contribution in [-0.4, -0.2) is 9.61 Å². The molecule has 0 aliphatic heterocycles. The molecule has 0 amide bonds. The first-order chi connectivity index (χ1) is 14.9. The number of hydrogen-bond acceptors (Lipinski definition) is 2. The maximum absolute atomic E-state index is 6.61. The van der Waals surface area contributed by atoms with E-state index in [1.54, 1.807) is 0 Å². The number of rotatable bonds is 3. The van der Waals surface area contributed by atoms with Gasteiger partial charge >= 0.3 is 0 Å². The number of aromatic nitrogens is 2. The monoisotopic (exact) mass is 386 g/mol. The molecule has 3 nitrogen and oxygen atoms in total. The van der Waals surface area contributed by atoms with Crippen molar-refractivity contribution in [1.82, 2.24) is 9.61 Å². The topological polar surface area (TPSA) is 30.4 Å². The van der Waals surface area contributed by atoms with E-state index in [1.165, 1.54) is 0 Å². The van der Waals surface area contributed by atoms with Gasteiger partial charge in [0.2, 0.25) is 0 Å². The lowest BCUT2D eigenvalue weighted by Gasteiger charge is -2.02. The predicted octanol–water partition coefficient (Wildman–Crippen LogP) is 7.08. The van der Waals surface area contributed by atoms with Crippen molar-refractivity contribution in [2.24, 2.45) is 0 Å². The highest BCUT2D eigenvalue weighted by Crippen LogP contribution is 2.43. The Hall–Kier alpha value is -4.11. The van der Waals surface area contributed by atoms with Gasteiger partial charge in [-0.1, -0.05) is 91.0 Å². The lowest BCUT2D eigenvalue weighted by atomic mass is 10.0. The molecule has 0 unspecified atom stereocenters. The molecule has 0 aliphatic rings. The molecule has 3 aromatic carbocycles. The first-order valence-electron chi connectivity index (χ1n) is 10.0. The lowest BCUT2D eigenvalue weighted by Crippen LogP contribution is -1.84. The van der Waals surface area contributed by atoms with Crippen LogP contribution in [-0.2, 0) is 0 Å². The summed E-state index contributed by atoms with van der Waals surface area (Å²) in [5, 5.41) is 7.10. The van der Waals surface area contributed by atoms with E-state index in [-0.39, 0.29) is 0 Å². The van der Waals surface area contributed by atoms with Gasteiger partial charge in [0, 0.05) is 28.1 Å². The fraction of sp³-hybridized carbons (Fsp3) is 0. The Morgan fingerprint density at radius 2 is 1.17 bits per heavy atom. The van der Waals surface area contributed by atoms with Crippen molar-refractivity contribution in [2.45, 2.75) is 0 Å². The molecular weight excluding hydrogens is 368 g/mol. The van der Waals surface area contributed by atoms with E-state index in [2.05, 4.69) is 54.6 Å². The highest BCUT2D eigenvalue weighted by atomic mass is 16.3. The van der Waals surface area contributed by atoms with E-state index in [4.69, 9.17) is 9.52 Å². The molecule has 3 heterocycles. The summed E-state index contributed by atoms with van der Waals surface area (Å²) in [6.45, 7) is 0. The molecule has 0 saturated heterocycles. The maximum atomic E-state index is 6.61. The molecule has 30 heavy (non-hydrogen) atoms. The summed E-state index contributed by atoms with van der Waals surface area (Å²) in [6.07, 6.45) is 1.98. The van der Waals surface area contributed by atoms with Crippen LogP contribution in [0.4, 0.5) is 0 Å². The number of furan rings is 1. The van der Waals surface area contributed by atoms with Crippen molar-refractivity contribution in [2.75, 3.05) is 0 Å². The van der Waals surface area contributed by atoms with Crippen LogP contribution in [0, 0.1) is 0 Å². The first kappa shape index (κ1) is 16.8. The van der Waals surface area contributed by atoms with Crippen molar-refractivity contribution in [3.63, 3.8) is 0 Å². The van der Waals surface area contributed by atoms with E-state index in [0.29, 0.717) is 0 Å². The van der Waals surface area contributed by atoms with Gasteiger partial charge in [-0.05, 0) is 12.1 Å². The van der Waals surface area contributed by atoms with Gasteiger partial charge in [-0.2, -0.15) is 5.10 Å². The number of pyridine rings is 1. The Morgan fingerprint density at radius 1 is 0.567 bits per heavy atom. The lowest BCUT2D eigenvalue weighted by molar-refractivity contribution is 0.603. The van der Waals surface area contributed by atoms with Crippen molar-refractivity contribution in [3.05, 3.63) is 109 Å². The number of benzene rings is 3. The summed E-state index contributed by atoms with van der Waals surface area (Å²) >= 11 is 0. The zero-order valence-electron chi connectivity index (χ0n) is 16.2. The predicted molar refractivity (Wildman–Crippen MR) is 121 cm³/mol. The Labute approximate surface area is 173 Å². The van der Waals surface area contributed by atoms with Crippen molar-refractivity contribution >= 4 is 16.3 Å². The van der Waals surface area contributed by atoms with Gasteiger partial charge in [0.1, 0.15) is 17.2 Å². The van der Waals surface area contributed by atoms with E-state index in [9.17, 15) is 0 Å². The van der Waals surface area contributed by atoms with Crippen LogP contribution in [0.1, 0.15) is 0 Å². The van der Waals surface area contributed by atoms with Crippen LogP contribution in [0.25, 0.3) is 50.2 Å². The minimum Gasteiger partial charge on any atom is -0.455 e. The fourth-order valence-electron chi connectivity index (χ4n) is 4.10. The second-order valence-corrected chi connectivity index (χ2v) is 7.29. The summed E-state index contributed by atoms with van der Waals surface area (Å²) < 4.78 is 8.54. The molecule has 6 aromatic rings. The van der Waals surface area contributed by atoms with E-state index in [1.807, 2.05) is 59.2 Å². The van der Waals surface area contributed by atoms with E-state index >= 15 is 0 Å². The third-order valence-electron chi connectivity index (χ3n) is 5.47. The third kappa shape index (κ3) is 2.56. The van der Waals surface area contributed by atoms with Crippen LogP contribution in [0.5, 0.6) is 0 Å². The summed E-state index contributed by atoms with van der Waals surface area (Å²) in [4.78, 5) is 0. The molecule has 0 aliphatic carbocycles. The largest absolute Gasteiger partial charge is 0.455 e. The van der Waals surface area contributed by atoms with Crippen molar-refractivity contribution < 1.29 is 4.42 Å². The standard InChI is InChI=1S/C27H18N2O/c1-3-11-19(12-4-1)25-24(23-17-9-10-18-29(23)28-25)27-22-16-8-7-15-21(22)26(30-27)20-13-5-2-6-14-20/h1-18H. The highest BCUT2D eigenvalue weighted by Gasteiger charge is 2.23. The Balaban J connectivity index is 1.72. The molecule has 0 spiro atoms. The molecule has 0 saturated carbocycles. The van der Waals surface area contributed by atoms with Crippen molar-refractivity contribution in [3.8, 4) is 33.9 Å². The average molecular weight is 386 g/mol. The molecule has 0 radical (unpaired) electrons. The molecule has 3 aromatic heterocycles. The number of fused-ring (bicyclic) bond motifs is 2. The highest BCUT2D eigenvalue weighted by molar-refractivity contribution is 6.07.